The lowest BCUT2D eigenvalue weighted by Gasteiger charge is -2.57. The van der Waals surface area contributed by atoms with Crippen LogP contribution in [0.25, 0.3) is 6.08 Å². The van der Waals surface area contributed by atoms with E-state index in [-0.39, 0.29) is 17.5 Å². The highest BCUT2D eigenvalue weighted by atomic mass is 32.1. The Morgan fingerprint density at radius 1 is 0.917 bits per heavy atom. The molecule has 4 nitrogen and oxygen atoms in total. The molecule has 0 spiro atoms. The summed E-state index contributed by atoms with van der Waals surface area (Å²) in [4.78, 5) is 27.1. The first-order valence-corrected chi connectivity index (χ1v) is 13.9. The largest absolute Gasteiger partial charge is 0.321 e. The minimum absolute atomic E-state index is 0.231. The standard InChI is InChI=1S/C31H32N2O2S/c1-20-4-2-5-24(12-20)29(34)33-28(16-27-6-3-11-36-27)30(35)32-26-9-7-25(8-10-26)31-17-21-13-22(18-31)15-23(14-21)19-31/h2-12,16,21-23H,13-15,17-19H2,1H3,(H,32,35)(H,33,34)/b28-16-. The molecule has 0 saturated heterocycles. The normalized spacial score (nSPS) is 26.6. The van der Waals surface area contributed by atoms with Gasteiger partial charge in [-0.15, -0.1) is 11.3 Å². The van der Waals surface area contributed by atoms with Gasteiger partial charge in [0.1, 0.15) is 5.70 Å². The molecule has 3 aromatic rings. The fourth-order valence-corrected chi connectivity index (χ4v) is 7.88. The quantitative estimate of drug-likeness (QED) is 0.363. The number of carbonyl (C=O) groups excluding carboxylic acids is 2. The van der Waals surface area contributed by atoms with Gasteiger partial charge in [0.15, 0.2) is 0 Å². The first kappa shape index (κ1) is 23.2. The van der Waals surface area contributed by atoms with E-state index in [4.69, 9.17) is 0 Å². The summed E-state index contributed by atoms with van der Waals surface area (Å²) < 4.78 is 0. The Bertz CT molecular complexity index is 1270. The van der Waals surface area contributed by atoms with Crippen molar-refractivity contribution in [1.82, 2.24) is 5.32 Å². The maximum Gasteiger partial charge on any atom is 0.272 e. The molecule has 0 aliphatic heterocycles. The molecule has 2 aromatic carbocycles. The number of hydrogen-bond donors (Lipinski definition) is 2. The van der Waals surface area contributed by atoms with E-state index in [9.17, 15) is 9.59 Å². The van der Waals surface area contributed by atoms with Crippen molar-refractivity contribution < 1.29 is 9.59 Å². The Morgan fingerprint density at radius 3 is 2.22 bits per heavy atom. The molecule has 36 heavy (non-hydrogen) atoms. The summed E-state index contributed by atoms with van der Waals surface area (Å²) in [5, 5.41) is 7.79. The number of carbonyl (C=O) groups is 2. The van der Waals surface area contributed by atoms with E-state index in [0.29, 0.717) is 11.0 Å². The third-order valence-electron chi connectivity index (χ3n) is 8.40. The van der Waals surface area contributed by atoms with Gasteiger partial charge in [0.05, 0.1) is 0 Å². The summed E-state index contributed by atoms with van der Waals surface area (Å²) in [7, 11) is 0. The molecule has 2 N–H and O–H groups in total. The zero-order valence-corrected chi connectivity index (χ0v) is 21.4. The first-order valence-electron chi connectivity index (χ1n) is 13.0. The van der Waals surface area contributed by atoms with Gasteiger partial charge in [-0.05, 0) is 116 Å². The minimum atomic E-state index is -0.327. The highest BCUT2D eigenvalue weighted by Crippen LogP contribution is 2.60. The summed E-state index contributed by atoms with van der Waals surface area (Å²) in [6.45, 7) is 1.94. The lowest BCUT2D eigenvalue weighted by molar-refractivity contribution is -0.113. The van der Waals surface area contributed by atoms with Gasteiger partial charge in [0.25, 0.3) is 11.8 Å². The van der Waals surface area contributed by atoms with Gasteiger partial charge in [-0.25, -0.2) is 0 Å². The smallest absolute Gasteiger partial charge is 0.272 e. The van der Waals surface area contributed by atoms with Crippen LogP contribution in [0.4, 0.5) is 5.69 Å². The van der Waals surface area contributed by atoms with Crippen LogP contribution in [0.2, 0.25) is 0 Å². The van der Waals surface area contributed by atoms with Crippen LogP contribution in [0.3, 0.4) is 0 Å². The van der Waals surface area contributed by atoms with E-state index in [1.165, 1.54) is 55.4 Å². The van der Waals surface area contributed by atoms with Crippen LogP contribution < -0.4 is 10.6 Å². The fourth-order valence-electron chi connectivity index (χ4n) is 7.22. The second-order valence-corrected chi connectivity index (χ2v) is 12.1. The van der Waals surface area contributed by atoms with Crippen LogP contribution in [0.5, 0.6) is 0 Å². The van der Waals surface area contributed by atoms with Gasteiger partial charge in [0, 0.05) is 16.1 Å². The van der Waals surface area contributed by atoms with Gasteiger partial charge in [-0.2, -0.15) is 0 Å². The van der Waals surface area contributed by atoms with Gasteiger partial charge >= 0.3 is 0 Å². The molecule has 2 amide bonds. The van der Waals surface area contributed by atoms with E-state index >= 15 is 0 Å². The summed E-state index contributed by atoms with van der Waals surface area (Å²) in [6, 6.07) is 19.7. The van der Waals surface area contributed by atoms with E-state index in [2.05, 4.69) is 22.8 Å². The number of benzene rings is 2. The number of anilines is 1. The van der Waals surface area contributed by atoms with Gasteiger partial charge in [-0.1, -0.05) is 35.9 Å². The summed E-state index contributed by atoms with van der Waals surface area (Å²) in [5.74, 6) is 2.08. The number of hydrogen-bond acceptors (Lipinski definition) is 3. The molecule has 4 aliphatic rings. The van der Waals surface area contributed by atoms with E-state index in [1.54, 1.807) is 12.1 Å². The molecular formula is C31H32N2O2S. The van der Waals surface area contributed by atoms with Crippen molar-refractivity contribution in [2.24, 2.45) is 17.8 Å². The third-order valence-corrected chi connectivity index (χ3v) is 9.22. The third kappa shape index (κ3) is 4.64. The summed E-state index contributed by atoms with van der Waals surface area (Å²) in [6.07, 6.45) is 10.00. The van der Waals surface area contributed by atoms with Gasteiger partial charge < -0.3 is 10.6 Å². The number of nitrogens with one attached hydrogen (secondary N) is 2. The highest BCUT2D eigenvalue weighted by molar-refractivity contribution is 7.10. The van der Waals surface area contributed by atoms with E-state index in [0.717, 1.165) is 33.9 Å². The maximum absolute atomic E-state index is 13.3. The minimum Gasteiger partial charge on any atom is -0.321 e. The summed E-state index contributed by atoms with van der Waals surface area (Å²) in [5.41, 5.74) is 4.27. The van der Waals surface area contributed by atoms with Crippen molar-refractivity contribution in [2.75, 3.05) is 5.32 Å². The Hall–Kier alpha value is -3.18. The second-order valence-electron chi connectivity index (χ2n) is 11.1. The Balaban J connectivity index is 1.19. The van der Waals surface area contributed by atoms with Crippen LogP contribution >= 0.6 is 11.3 Å². The number of aryl methyl sites for hydroxylation is 1. The molecule has 184 valence electrons. The van der Waals surface area contributed by atoms with Gasteiger partial charge in [0.2, 0.25) is 0 Å². The average Bonchev–Trinajstić information content (AvgIpc) is 3.36. The van der Waals surface area contributed by atoms with Crippen molar-refractivity contribution in [3.05, 3.63) is 93.3 Å². The number of amides is 2. The topological polar surface area (TPSA) is 58.2 Å². The predicted molar refractivity (Wildman–Crippen MR) is 146 cm³/mol. The second kappa shape index (κ2) is 9.36. The Labute approximate surface area is 216 Å². The van der Waals surface area contributed by atoms with E-state index in [1.807, 2.05) is 54.8 Å². The lowest BCUT2D eigenvalue weighted by atomic mass is 9.48. The molecule has 1 heterocycles. The first-order chi connectivity index (χ1) is 17.5. The molecular weight excluding hydrogens is 464 g/mol. The monoisotopic (exact) mass is 496 g/mol. The molecule has 4 aliphatic carbocycles. The van der Waals surface area contributed by atoms with Crippen molar-refractivity contribution in [2.45, 2.75) is 50.9 Å². The van der Waals surface area contributed by atoms with Crippen molar-refractivity contribution >= 4 is 34.9 Å². The zero-order chi connectivity index (χ0) is 24.7. The molecule has 0 radical (unpaired) electrons. The predicted octanol–water partition coefficient (Wildman–Crippen LogP) is 6.93. The van der Waals surface area contributed by atoms with Crippen LogP contribution in [-0.4, -0.2) is 11.8 Å². The van der Waals surface area contributed by atoms with Crippen LogP contribution in [0.1, 0.15) is 64.9 Å². The highest BCUT2D eigenvalue weighted by Gasteiger charge is 2.51. The fraction of sp³-hybridized carbons (Fsp3) is 0.355. The van der Waals surface area contributed by atoms with Crippen LogP contribution in [-0.2, 0) is 10.2 Å². The summed E-state index contributed by atoms with van der Waals surface area (Å²) >= 11 is 1.52. The van der Waals surface area contributed by atoms with Crippen LogP contribution in [0, 0.1) is 24.7 Å². The van der Waals surface area contributed by atoms with Crippen LogP contribution in [0.15, 0.2) is 71.7 Å². The molecule has 4 saturated carbocycles. The average molecular weight is 497 g/mol. The number of rotatable bonds is 6. The number of thiophene rings is 1. The molecule has 0 unspecified atom stereocenters. The molecule has 5 heteroatoms. The molecule has 4 bridgehead atoms. The molecule has 1 aromatic heterocycles. The van der Waals surface area contributed by atoms with Gasteiger partial charge in [-0.3, -0.25) is 9.59 Å². The molecule has 7 rings (SSSR count). The Kier molecular flexibility index (Phi) is 6.04. The zero-order valence-electron chi connectivity index (χ0n) is 20.6. The molecule has 0 atom stereocenters. The van der Waals surface area contributed by atoms with Crippen molar-refractivity contribution in [1.29, 1.82) is 0 Å². The maximum atomic E-state index is 13.3. The molecule has 4 fully saturated rings. The Morgan fingerprint density at radius 2 is 1.61 bits per heavy atom. The van der Waals surface area contributed by atoms with Crippen molar-refractivity contribution in [3.8, 4) is 0 Å². The SMILES string of the molecule is Cc1cccc(C(=O)N/C(=C\c2cccs2)C(=O)Nc2ccc(C34CC5CC(CC(C5)C3)C4)cc2)c1. The van der Waals surface area contributed by atoms with E-state index < -0.39 is 0 Å². The lowest BCUT2D eigenvalue weighted by Crippen LogP contribution is -2.48. The van der Waals surface area contributed by atoms with Crippen molar-refractivity contribution in [3.63, 3.8) is 0 Å².